The van der Waals surface area contributed by atoms with E-state index in [2.05, 4.69) is 20.4 Å². The van der Waals surface area contributed by atoms with Crippen molar-refractivity contribution in [3.8, 4) is 5.75 Å². The van der Waals surface area contributed by atoms with Crippen molar-refractivity contribution in [2.75, 3.05) is 5.32 Å². The summed E-state index contributed by atoms with van der Waals surface area (Å²) in [6, 6.07) is 8.01. The van der Waals surface area contributed by atoms with Crippen LogP contribution in [0.15, 0.2) is 36.8 Å². The highest BCUT2D eigenvalue weighted by molar-refractivity contribution is 5.85. The van der Waals surface area contributed by atoms with Gasteiger partial charge in [0, 0.05) is 19.2 Å². The zero-order valence-electron chi connectivity index (χ0n) is 12.9. The van der Waals surface area contributed by atoms with Crippen molar-refractivity contribution in [1.82, 2.24) is 19.7 Å². The fourth-order valence-electron chi connectivity index (χ4n) is 2.30. The number of fused-ring (bicyclic) bond motifs is 1. The van der Waals surface area contributed by atoms with Crippen LogP contribution in [-0.4, -0.2) is 25.9 Å². The summed E-state index contributed by atoms with van der Waals surface area (Å²) in [5.41, 5.74) is 1.90. The van der Waals surface area contributed by atoms with Crippen LogP contribution >= 0.6 is 0 Å². The quantitative estimate of drug-likeness (QED) is 0.784. The minimum absolute atomic E-state index is 0.144. The van der Waals surface area contributed by atoms with Crippen molar-refractivity contribution < 1.29 is 4.74 Å². The van der Waals surface area contributed by atoms with E-state index in [9.17, 15) is 0 Å². The number of anilines is 1. The highest BCUT2D eigenvalue weighted by Gasteiger charge is 2.09. The van der Waals surface area contributed by atoms with Gasteiger partial charge in [0.05, 0.1) is 17.7 Å². The molecule has 0 aliphatic heterocycles. The molecule has 0 saturated heterocycles. The smallest absolute Gasteiger partial charge is 0.163 e. The standard InChI is InChI=1S/C16H19N5O/c1-11(2)22-14-7-5-4-6-12(14)8-17-15-13-9-20-21(3)16(13)19-10-18-15/h4-7,9-11H,8H2,1-3H3,(H,17,18,19). The van der Waals surface area contributed by atoms with Gasteiger partial charge in [0.15, 0.2) is 5.65 Å². The highest BCUT2D eigenvalue weighted by Crippen LogP contribution is 2.22. The summed E-state index contributed by atoms with van der Waals surface area (Å²) in [7, 11) is 1.87. The number of rotatable bonds is 5. The molecule has 0 bridgehead atoms. The maximum absolute atomic E-state index is 5.84. The van der Waals surface area contributed by atoms with Crippen LogP contribution in [0.2, 0.25) is 0 Å². The van der Waals surface area contributed by atoms with Gasteiger partial charge in [-0.25, -0.2) is 9.97 Å². The third-order valence-electron chi connectivity index (χ3n) is 3.31. The lowest BCUT2D eigenvalue weighted by atomic mass is 10.2. The SMILES string of the molecule is CC(C)Oc1ccccc1CNc1ncnc2c1cnn2C. The van der Waals surface area contributed by atoms with Gasteiger partial charge in [-0.05, 0) is 19.9 Å². The van der Waals surface area contributed by atoms with Crippen molar-refractivity contribution in [2.45, 2.75) is 26.5 Å². The van der Waals surface area contributed by atoms with E-state index in [1.807, 2.05) is 45.2 Å². The molecule has 0 amide bonds. The number of hydrogen-bond acceptors (Lipinski definition) is 5. The summed E-state index contributed by atoms with van der Waals surface area (Å²) >= 11 is 0. The van der Waals surface area contributed by atoms with Gasteiger partial charge in [0.1, 0.15) is 17.9 Å². The Balaban J connectivity index is 1.83. The van der Waals surface area contributed by atoms with Crippen molar-refractivity contribution in [3.63, 3.8) is 0 Å². The molecule has 22 heavy (non-hydrogen) atoms. The van der Waals surface area contributed by atoms with Crippen LogP contribution in [0.3, 0.4) is 0 Å². The number of nitrogens with one attached hydrogen (secondary N) is 1. The maximum atomic E-state index is 5.84. The Hall–Kier alpha value is -2.63. The van der Waals surface area contributed by atoms with Gasteiger partial charge >= 0.3 is 0 Å². The Labute approximate surface area is 129 Å². The number of aromatic nitrogens is 4. The van der Waals surface area contributed by atoms with Crippen LogP contribution in [0.5, 0.6) is 5.75 Å². The van der Waals surface area contributed by atoms with Gasteiger partial charge in [-0.2, -0.15) is 5.10 Å². The predicted molar refractivity (Wildman–Crippen MR) is 85.8 cm³/mol. The molecule has 0 aliphatic carbocycles. The Kier molecular flexibility index (Phi) is 3.91. The average Bonchev–Trinajstić information content (AvgIpc) is 2.88. The Morgan fingerprint density at radius 2 is 2.05 bits per heavy atom. The molecule has 2 heterocycles. The zero-order chi connectivity index (χ0) is 15.5. The van der Waals surface area contributed by atoms with Crippen molar-refractivity contribution in [1.29, 1.82) is 0 Å². The molecule has 0 saturated carbocycles. The molecule has 1 aromatic carbocycles. The van der Waals surface area contributed by atoms with Crippen LogP contribution in [0.25, 0.3) is 11.0 Å². The van der Waals surface area contributed by atoms with Crippen LogP contribution in [0.4, 0.5) is 5.82 Å². The second kappa shape index (κ2) is 6.01. The van der Waals surface area contributed by atoms with E-state index in [1.165, 1.54) is 0 Å². The highest BCUT2D eigenvalue weighted by atomic mass is 16.5. The van der Waals surface area contributed by atoms with Gasteiger partial charge < -0.3 is 10.1 Å². The number of aryl methyl sites for hydroxylation is 1. The number of para-hydroxylation sites is 1. The van der Waals surface area contributed by atoms with Gasteiger partial charge in [0.25, 0.3) is 0 Å². The van der Waals surface area contributed by atoms with E-state index in [0.29, 0.717) is 6.54 Å². The fraction of sp³-hybridized carbons (Fsp3) is 0.312. The molecule has 1 N–H and O–H groups in total. The zero-order valence-corrected chi connectivity index (χ0v) is 12.9. The molecule has 0 radical (unpaired) electrons. The molecule has 6 nitrogen and oxygen atoms in total. The molecule has 2 aromatic heterocycles. The second-order valence-electron chi connectivity index (χ2n) is 5.36. The molecule has 6 heteroatoms. The Bertz CT molecular complexity index is 781. The summed E-state index contributed by atoms with van der Waals surface area (Å²) in [5, 5.41) is 8.47. The van der Waals surface area contributed by atoms with Crippen molar-refractivity contribution >= 4 is 16.9 Å². The molecule has 3 rings (SSSR count). The Morgan fingerprint density at radius 3 is 2.86 bits per heavy atom. The van der Waals surface area contributed by atoms with E-state index >= 15 is 0 Å². The van der Waals surface area contributed by atoms with E-state index < -0.39 is 0 Å². The summed E-state index contributed by atoms with van der Waals surface area (Å²) < 4.78 is 7.57. The molecule has 0 spiro atoms. The minimum Gasteiger partial charge on any atom is -0.491 e. The first kappa shape index (κ1) is 14.3. The molecular weight excluding hydrogens is 278 g/mol. The number of hydrogen-bond donors (Lipinski definition) is 1. The second-order valence-corrected chi connectivity index (χ2v) is 5.36. The van der Waals surface area contributed by atoms with Crippen LogP contribution in [0, 0.1) is 0 Å². The van der Waals surface area contributed by atoms with E-state index in [4.69, 9.17) is 4.74 Å². The first-order valence-corrected chi connectivity index (χ1v) is 7.26. The monoisotopic (exact) mass is 297 g/mol. The van der Waals surface area contributed by atoms with Gasteiger partial charge in [-0.15, -0.1) is 0 Å². The van der Waals surface area contributed by atoms with Gasteiger partial charge in [0.2, 0.25) is 0 Å². The third-order valence-corrected chi connectivity index (χ3v) is 3.31. The van der Waals surface area contributed by atoms with Crippen LogP contribution in [0.1, 0.15) is 19.4 Å². The van der Waals surface area contributed by atoms with Crippen LogP contribution < -0.4 is 10.1 Å². The number of nitrogens with zero attached hydrogens (tertiary/aromatic N) is 4. The topological polar surface area (TPSA) is 64.9 Å². The average molecular weight is 297 g/mol. The molecular formula is C16H19N5O. The minimum atomic E-state index is 0.144. The van der Waals surface area contributed by atoms with E-state index in [1.54, 1.807) is 17.2 Å². The van der Waals surface area contributed by atoms with E-state index in [-0.39, 0.29) is 6.10 Å². The summed E-state index contributed by atoms with van der Waals surface area (Å²) in [4.78, 5) is 8.55. The lowest BCUT2D eigenvalue weighted by Gasteiger charge is -2.14. The van der Waals surface area contributed by atoms with Gasteiger partial charge in [-0.3, -0.25) is 4.68 Å². The lowest BCUT2D eigenvalue weighted by Crippen LogP contribution is -2.09. The predicted octanol–water partition coefficient (Wildman–Crippen LogP) is 2.76. The first-order chi connectivity index (χ1) is 10.6. The largest absolute Gasteiger partial charge is 0.491 e. The van der Waals surface area contributed by atoms with Crippen molar-refractivity contribution in [3.05, 3.63) is 42.4 Å². The molecule has 0 aliphatic rings. The molecule has 0 atom stereocenters. The third kappa shape index (κ3) is 2.86. The normalized spacial score (nSPS) is 11.1. The van der Waals surface area contributed by atoms with Gasteiger partial charge in [-0.1, -0.05) is 18.2 Å². The Morgan fingerprint density at radius 1 is 1.23 bits per heavy atom. The number of benzene rings is 1. The van der Waals surface area contributed by atoms with Crippen molar-refractivity contribution in [2.24, 2.45) is 7.05 Å². The molecule has 0 unspecified atom stereocenters. The molecule has 3 aromatic rings. The maximum Gasteiger partial charge on any atom is 0.163 e. The summed E-state index contributed by atoms with van der Waals surface area (Å²) in [5.74, 6) is 1.67. The fourth-order valence-corrected chi connectivity index (χ4v) is 2.30. The molecule has 0 fully saturated rings. The number of ether oxygens (including phenoxy) is 1. The summed E-state index contributed by atoms with van der Waals surface area (Å²) in [6.07, 6.45) is 3.46. The molecule has 114 valence electrons. The lowest BCUT2D eigenvalue weighted by molar-refractivity contribution is 0.240. The first-order valence-electron chi connectivity index (χ1n) is 7.26. The van der Waals surface area contributed by atoms with E-state index in [0.717, 1.165) is 28.2 Å². The summed E-state index contributed by atoms with van der Waals surface area (Å²) in [6.45, 7) is 4.67. The van der Waals surface area contributed by atoms with Crippen LogP contribution in [-0.2, 0) is 13.6 Å².